The Labute approximate surface area is 73.0 Å². The Morgan fingerprint density at radius 1 is 1.31 bits per heavy atom. The molecule has 3 N–H and O–H groups in total. The monoisotopic (exact) mass is 178 g/mol. The Balaban J connectivity index is 2.95. The van der Waals surface area contributed by atoms with E-state index in [1.807, 2.05) is 0 Å². The van der Waals surface area contributed by atoms with E-state index in [0.29, 0.717) is 10.9 Å². The maximum Gasteiger partial charge on any atom is 0.248 e. The average molecular weight is 178 g/mol. The molecule has 13 heavy (non-hydrogen) atoms. The summed E-state index contributed by atoms with van der Waals surface area (Å²) in [6.07, 6.45) is 0. The minimum atomic E-state index is -0.406. The van der Waals surface area contributed by atoms with Crippen LogP contribution in [0.2, 0.25) is 0 Å². The number of nitrogens with two attached hydrogens (primary N) is 1. The maximum absolute atomic E-state index is 12.8. The van der Waals surface area contributed by atoms with Gasteiger partial charge in [0, 0.05) is 11.5 Å². The van der Waals surface area contributed by atoms with Crippen molar-refractivity contribution >= 4 is 16.6 Å². The van der Waals surface area contributed by atoms with Crippen molar-refractivity contribution in [1.82, 2.24) is 4.98 Å². The van der Waals surface area contributed by atoms with E-state index in [0.717, 1.165) is 0 Å². The van der Waals surface area contributed by atoms with Crippen molar-refractivity contribution in [2.45, 2.75) is 0 Å². The highest BCUT2D eigenvalue weighted by Crippen LogP contribution is 2.18. The van der Waals surface area contributed by atoms with Crippen molar-refractivity contribution in [1.29, 1.82) is 0 Å². The fourth-order valence-corrected chi connectivity index (χ4v) is 1.26. The zero-order valence-corrected chi connectivity index (χ0v) is 6.67. The van der Waals surface area contributed by atoms with Crippen LogP contribution in [-0.4, -0.2) is 4.98 Å². The van der Waals surface area contributed by atoms with Gasteiger partial charge in [0.2, 0.25) is 5.56 Å². The van der Waals surface area contributed by atoms with Gasteiger partial charge in [0.05, 0.1) is 11.2 Å². The molecule has 3 nitrogen and oxygen atoms in total. The van der Waals surface area contributed by atoms with Crippen molar-refractivity contribution in [3.05, 3.63) is 40.4 Å². The minimum absolute atomic E-state index is 0.243. The molecule has 0 fully saturated rings. The number of nitrogen functional groups attached to an aromatic ring is 1. The summed E-state index contributed by atoms with van der Waals surface area (Å²) in [6, 6.07) is 5.37. The molecule has 0 amide bonds. The van der Waals surface area contributed by atoms with Crippen molar-refractivity contribution < 1.29 is 4.39 Å². The van der Waals surface area contributed by atoms with Crippen molar-refractivity contribution in [3.8, 4) is 0 Å². The van der Waals surface area contributed by atoms with Crippen LogP contribution in [0.25, 0.3) is 10.9 Å². The second-order valence-corrected chi connectivity index (χ2v) is 2.78. The van der Waals surface area contributed by atoms with Crippen LogP contribution in [-0.2, 0) is 0 Å². The number of nitrogens with one attached hydrogen (secondary N) is 1. The highest BCUT2D eigenvalue weighted by molar-refractivity contribution is 5.88. The summed E-state index contributed by atoms with van der Waals surface area (Å²) in [5.41, 5.74) is 5.99. The van der Waals surface area contributed by atoms with Gasteiger partial charge in [-0.1, -0.05) is 0 Å². The minimum Gasteiger partial charge on any atom is -0.397 e. The lowest BCUT2D eigenvalue weighted by molar-refractivity contribution is 0.630. The second-order valence-electron chi connectivity index (χ2n) is 2.78. The highest BCUT2D eigenvalue weighted by atomic mass is 19.1. The van der Waals surface area contributed by atoms with E-state index in [4.69, 9.17) is 5.73 Å². The molecule has 1 aromatic carbocycles. The first-order valence-corrected chi connectivity index (χ1v) is 3.75. The molecule has 2 rings (SSSR count). The number of pyridine rings is 1. The summed E-state index contributed by atoms with van der Waals surface area (Å²) in [6.45, 7) is 0. The van der Waals surface area contributed by atoms with E-state index < -0.39 is 5.82 Å². The first-order valence-electron chi connectivity index (χ1n) is 3.75. The molecule has 1 heterocycles. The number of H-pyrrole nitrogens is 1. The van der Waals surface area contributed by atoms with Crippen LogP contribution < -0.4 is 11.3 Å². The molecule has 0 saturated carbocycles. The summed E-state index contributed by atoms with van der Waals surface area (Å²) in [4.78, 5) is 13.5. The quantitative estimate of drug-likeness (QED) is 0.596. The SMILES string of the molecule is Nc1cc(F)cc2ccc(=O)[nH]c12. The Hall–Kier alpha value is -1.84. The van der Waals surface area contributed by atoms with Gasteiger partial charge in [-0.2, -0.15) is 0 Å². The summed E-state index contributed by atoms with van der Waals surface area (Å²) in [7, 11) is 0. The third-order valence-corrected chi connectivity index (χ3v) is 1.83. The molecule has 0 bridgehead atoms. The molecule has 1 aromatic heterocycles. The van der Waals surface area contributed by atoms with Crippen LogP contribution in [0.1, 0.15) is 0 Å². The number of aromatic nitrogens is 1. The van der Waals surface area contributed by atoms with E-state index in [-0.39, 0.29) is 11.2 Å². The first kappa shape index (κ1) is 7.79. The Morgan fingerprint density at radius 3 is 2.85 bits per heavy atom. The lowest BCUT2D eigenvalue weighted by Crippen LogP contribution is -2.04. The molecule has 2 aromatic rings. The van der Waals surface area contributed by atoms with Gasteiger partial charge < -0.3 is 10.7 Å². The van der Waals surface area contributed by atoms with Crippen LogP contribution in [0.15, 0.2) is 29.1 Å². The van der Waals surface area contributed by atoms with Gasteiger partial charge in [-0.3, -0.25) is 4.79 Å². The number of benzene rings is 1. The van der Waals surface area contributed by atoms with Crippen LogP contribution in [0.5, 0.6) is 0 Å². The summed E-state index contributed by atoms with van der Waals surface area (Å²) >= 11 is 0. The third-order valence-electron chi connectivity index (χ3n) is 1.83. The fourth-order valence-electron chi connectivity index (χ4n) is 1.26. The van der Waals surface area contributed by atoms with Crippen LogP contribution in [0, 0.1) is 5.82 Å². The van der Waals surface area contributed by atoms with E-state index in [2.05, 4.69) is 4.98 Å². The third kappa shape index (κ3) is 1.26. The van der Waals surface area contributed by atoms with Crippen molar-refractivity contribution in [2.75, 3.05) is 5.73 Å². The summed E-state index contributed by atoms with van der Waals surface area (Å²) in [5.74, 6) is -0.406. The molecule has 0 unspecified atom stereocenters. The topological polar surface area (TPSA) is 58.9 Å². The molecular weight excluding hydrogens is 171 g/mol. The van der Waals surface area contributed by atoms with Gasteiger partial charge in [0.1, 0.15) is 5.82 Å². The maximum atomic E-state index is 12.8. The Bertz CT molecular complexity index is 518. The van der Waals surface area contributed by atoms with Gasteiger partial charge in [-0.25, -0.2) is 4.39 Å². The van der Waals surface area contributed by atoms with E-state index in [9.17, 15) is 9.18 Å². The zero-order chi connectivity index (χ0) is 9.42. The lowest BCUT2D eigenvalue weighted by Gasteiger charge is -2.00. The van der Waals surface area contributed by atoms with Crippen molar-refractivity contribution in [2.24, 2.45) is 0 Å². The molecule has 4 heteroatoms. The molecule has 0 aliphatic carbocycles. The van der Waals surface area contributed by atoms with Gasteiger partial charge in [0.15, 0.2) is 0 Å². The average Bonchev–Trinajstić information content (AvgIpc) is 2.06. The summed E-state index contributed by atoms with van der Waals surface area (Å²) in [5, 5.41) is 0.595. The second kappa shape index (κ2) is 2.58. The predicted molar refractivity (Wildman–Crippen MR) is 48.9 cm³/mol. The summed E-state index contributed by atoms with van der Waals surface area (Å²) < 4.78 is 12.8. The van der Waals surface area contributed by atoms with Gasteiger partial charge in [-0.15, -0.1) is 0 Å². The van der Waals surface area contributed by atoms with Crippen molar-refractivity contribution in [3.63, 3.8) is 0 Å². The van der Waals surface area contributed by atoms with E-state index in [1.54, 1.807) is 0 Å². The fraction of sp³-hybridized carbons (Fsp3) is 0. The van der Waals surface area contributed by atoms with E-state index in [1.165, 1.54) is 24.3 Å². The molecular formula is C9H7FN2O. The Morgan fingerprint density at radius 2 is 2.08 bits per heavy atom. The number of hydrogen-bond donors (Lipinski definition) is 2. The number of halogens is 1. The van der Waals surface area contributed by atoms with Crippen LogP contribution >= 0.6 is 0 Å². The molecule has 0 atom stereocenters. The zero-order valence-electron chi connectivity index (χ0n) is 6.67. The normalized spacial score (nSPS) is 10.5. The number of anilines is 1. The van der Waals surface area contributed by atoms with Gasteiger partial charge in [-0.05, 0) is 18.2 Å². The highest BCUT2D eigenvalue weighted by Gasteiger charge is 2.01. The molecule has 0 aliphatic rings. The Kier molecular flexibility index (Phi) is 1.55. The molecule has 66 valence electrons. The first-order chi connectivity index (χ1) is 6.16. The van der Waals surface area contributed by atoms with Gasteiger partial charge >= 0.3 is 0 Å². The van der Waals surface area contributed by atoms with E-state index >= 15 is 0 Å². The number of fused-ring (bicyclic) bond motifs is 1. The predicted octanol–water partition coefficient (Wildman–Crippen LogP) is 1.25. The van der Waals surface area contributed by atoms with Gasteiger partial charge in [0.25, 0.3) is 0 Å². The molecule has 0 radical (unpaired) electrons. The van der Waals surface area contributed by atoms with Crippen LogP contribution in [0.3, 0.4) is 0 Å². The van der Waals surface area contributed by atoms with Crippen LogP contribution in [0.4, 0.5) is 10.1 Å². The smallest absolute Gasteiger partial charge is 0.248 e. The number of rotatable bonds is 0. The molecule has 0 saturated heterocycles. The molecule has 0 aliphatic heterocycles. The standard InChI is InChI=1S/C9H7FN2O/c10-6-3-5-1-2-8(13)12-9(5)7(11)4-6/h1-4H,11H2,(H,12,13). The lowest BCUT2D eigenvalue weighted by atomic mass is 10.2. The largest absolute Gasteiger partial charge is 0.397 e. The number of hydrogen-bond acceptors (Lipinski definition) is 2. The molecule has 0 spiro atoms. The number of aromatic amines is 1.